The molecule has 2 unspecified atom stereocenters. The van der Waals surface area contributed by atoms with Crippen molar-refractivity contribution in [2.45, 2.75) is 57.1 Å². The van der Waals surface area contributed by atoms with Crippen LogP contribution in [0.3, 0.4) is 0 Å². The molecular weight excluding hydrogens is 545 g/mol. The first-order chi connectivity index (χ1) is 17.3. The Morgan fingerprint density at radius 3 is 2.05 bits per heavy atom. The zero-order chi connectivity index (χ0) is 28.6. The smallest absolute Gasteiger partial charge is 0.416 e. The van der Waals surface area contributed by atoms with Crippen molar-refractivity contribution in [1.82, 2.24) is 10.2 Å². The van der Waals surface area contributed by atoms with Crippen LogP contribution in [0.5, 0.6) is 0 Å². The normalized spacial score (nSPS) is 18.8. The third kappa shape index (κ3) is 7.30. The Morgan fingerprint density at radius 2 is 1.55 bits per heavy atom. The molecule has 0 saturated carbocycles. The van der Waals surface area contributed by atoms with Crippen LogP contribution in [0.15, 0.2) is 36.4 Å². The first-order valence-corrected chi connectivity index (χ1v) is 11.8. The summed E-state index contributed by atoms with van der Waals surface area (Å²) in [5.74, 6) is -2.62. The number of carbonyl (C=O) groups is 2. The summed E-state index contributed by atoms with van der Waals surface area (Å²) in [4.78, 5) is 26.9. The number of hydrogen-bond acceptors (Lipinski definition) is 3. The van der Waals surface area contributed by atoms with Gasteiger partial charge in [0.15, 0.2) is 0 Å². The summed E-state index contributed by atoms with van der Waals surface area (Å²) in [7, 11) is 0. The number of nitrogens with zero attached hydrogens (tertiary/aromatic N) is 1. The Labute approximate surface area is 218 Å². The van der Waals surface area contributed by atoms with Crippen molar-refractivity contribution < 1.29 is 45.1 Å². The molecule has 2 atom stereocenters. The van der Waals surface area contributed by atoms with Crippen LogP contribution in [0.25, 0.3) is 0 Å². The molecule has 2 amide bonds. The number of piperidine rings is 1. The molecule has 1 fully saturated rings. The number of ether oxygens (including phenoxy) is 1. The third-order valence-corrected chi connectivity index (χ3v) is 6.09. The van der Waals surface area contributed by atoms with Gasteiger partial charge in [0.25, 0.3) is 5.91 Å². The number of amides is 2. The largest absolute Gasteiger partial charge is 0.444 e. The summed E-state index contributed by atoms with van der Waals surface area (Å²) in [6, 6.07) is 3.49. The molecule has 1 saturated heterocycles. The maximum Gasteiger partial charge on any atom is 0.416 e. The van der Waals surface area contributed by atoms with Crippen molar-refractivity contribution >= 4 is 23.6 Å². The van der Waals surface area contributed by atoms with Gasteiger partial charge in [0.05, 0.1) is 16.1 Å². The topological polar surface area (TPSA) is 58.6 Å². The van der Waals surface area contributed by atoms with Crippen LogP contribution in [0, 0.1) is 5.82 Å². The Kier molecular flexibility index (Phi) is 8.26. The number of rotatable bonds is 3. The second-order valence-electron chi connectivity index (χ2n) is 9.87. The molecular formula is C25H24ClF7N2O3. The molecule has 1 aliphatic rings. The number of likely N-dealkylation sites (tertiary alicyclic amines) is 1. The van der Waals surface area contributed by atoms with Gasteiger partial charge in [-0.05, 0) is 63.1 Å². The highest BCUT2D eigenvalue weighted by Gasteiger charge is 2.39. The van der Waals surface area contributed by atoms with Crippen LogP contribution in [0.2, 0.25) is 5.02 Å². The Balaban J connectivity index is 1.94. The average molecular weight is 569 g/mol. The summed E-state index contributed by atoms with van der Waals surface area (Å²) in [6.45, 7) is 5.03. The van der Waals surface area contributed by atoms with Gasteiger partial charge in [-0.1, -0.05) is 17.7 Å². The summed E-state index contributed by atoms with van der Waals surface area (Å²) in [5, 5.41) is 2.25. The van der Waals surface area contributed by atoms with E-state index in [-0.39, 0.29) is 30.6 Å². The molecule has 0 aromatic heterocycles. The predicted octanol–water partition coefficient (Wildman–Crippen LogP) is 7.04. The number of alkyl halides is 6. The molecule has 5 nitrogen and oxygen atoms in total. The van der Waals surface area contributed by atoms with E-state index in [1.165, 1.54) is 17.0 Å². The van der Waals surface area contributed by atoms with Gasteiger partial charge in [0.1, 0.15) is 11.4 Å². The fourth-order valence-corrected chi connectivity index (χ4v) is 4.22. The van der Waals surface area contributed by atoms with Crippen molar-refractivity contribution in [3.63, 3.8) is 0 Å². The van der Waals surface area contributed by atoms with Crippen molar-refractivity contribution in [2.24, 2.45) is 0 Å². The number of benzene rings is 2. The Bertz CT molecular complexity index is 1180. The van der Waals surface area contributed by atoms with Crippen molar-refractivity contribution in [2.75, 3.05) is 13.1 Å². The average Bonchev–Trinajstić information content (AvgIpc) is 2.78. The van der Waals surface area contributed by atoms with Crippen LogP contribution in [-0.2, 0) is 17.1 Å². The standard InChI is InChI=1S/C25H24ClF7N2O3/c1-23(2,3)38-22(37)35-7-6-20(17(12-35)13-4-5-19(27)18(26)10-13)34-21(36)14-8-15(24(28,29)30)11-16(9-14)25(31,32)33/h4-5,8-11,17,20H,6-7,12H2,1-3H3,(H,34,36). The van der Waals surface area contributed by atoms with Gasteiger partial charge < -0.3 is 15.0 Å². The Hall–Kier alpha value is -3.02. The molecule has 13 heteroatoms. The van der Waals surface area contributed by atoms with Crippen LogP contribution < -0.4 is 5.32 Å². The van der Waals surface area contributed by atoms with E-state index in [1.807, 2.05) is 0 Å². The highest BCUT2D eigenvalue weighted by atomic mass is 35.5. The minimum Gasteiger partial charge on any atom is -0.444 e. The number of carbonyl (C=O) groups excluding carboxylic acids is 2. The maximum absolute atomic E-state index is 13.8. The van der Waals surface area contributed by atoms with Gasteiger partial charge in [-0.2, -0.15) is 26.3 Å². The predicted molar refractivity (Wildman–Crippen MR) is 124 cm³/mol. The number of nitrogens with one attached hydrogen (secondary N) is 1. The van der Waals surface area contributed by atoms with E-state index in [0.717, 1.165) is 6.07 Å². The molecule has 1 aliphatic heterocycles. The van der Waals surface area contributed by atoms with Crippen molar-refractivity contribution in [3.05, 3.63) is 69.5 Å². The van der Waals surface area contributed by atoms with E-state index in [4.69, 9.17) is 16.3 Å². The monoisotopic (exact) mass is 568 g/mol. The number of halogens is 8. The minimum absolute atomic E-state index is 0.0434. The summed E-state index contributed by atoms with van der Waals surface area (Å²) in [5.41, 5.74) is -4.50. The molecule has 2 aromatic rings. The lowest BCUT2D eigenvalue weighted by molar-refractivity contribution is -0.143. The molecule has 1 heterocycles. The van der Waals surface area contributed by atoms with Gasteiger partial charge in [-0.3, -0.25) is 4.79 Å². The fraction of sp³-hybridized carbons (Fsp3) is 0.440. The van der Waals surface area contributed by atoms with Crippen LogP contribution in [-0.4, -0.2) is 41.6 Å². The zero-order valence-electron chi connectivity index (χ0n) is 20.4. The molecule has 0 spiro atoms. The molecule has 0 bridgehead atoms. The zero-order valence-corrected chi connectivity index (χ0v) is 21.2. The van der Waals surface area contributed by atoms with Crippen molar-refractivity contribution in [3.8, 4) is 0 Å². The minimum atomic E-state index is -5.12. The highest BCUT2D eigenvalue weighted by molar-refractivity contribution is 6.30. The fourth-order valence-electron chi connectivity index (χ4n) is 4.04. The second-order valence-corrected chi connectivity index (χ2v) is 10.3. The highest BCUT2D eigenvalue weighted by Crippen LogP contribution is 2.37. The van der Waals surface area contributed by atoms with Gasteiger partial charge in [0.2, 0.25) is 0 Å². The van der Waals surface area contributed by atoms with Crippen LogP contribution >= 0.6 is 11.6 Å². The first kappa shape index (κ1) is 29.5. The maximum atomic E-state index is 13.8. The van der Waals surface area contributed by atoms with Gasteiger partial charge in [0, 0.05) is 30.6 Å². The number of hydrogen-bond donors (Lipinski definition) is 1. The van der Waals surface area contributed by atoms with E-state index in [1.54, 1.807) is 20.8 Å². The quantitative estimate of drug-likeness (QED) is 0.404. The lowest BCUT2D eigenvalue weighted by Gasteiger charge is -2.39. The van der Waals surface area contributed by atoms with E-state index < -0.39 is 64.4 Å². The van der Waals surface area contributed by atoms with Crippen LogP contribution in [0.4, 0.5) is 35.5 Å². The van der Waals surface area contributed by atoms with Gasteiger partial charge >= 0.3 is 18.4 Å². The lowest BCUT2D eigenvalue weighted by atomic mass is 9.85. The van der Waals surface area contributed by atoms with E-state index >= 15 is 0 Å². The van der Waals surface area contributed by atoms with E-state index in [2.05, 4.69) is 5.32 Å². The molecule has 1 N–H and O–H groups in total. The SMILES string of the molecule is CC(C)(C)OC(=O)N1CCC(NC(=O)c2cc(C(F)(F)F)cc(C(F)(F)F)c2)C(c2ccc(F)c(Cl)c2)C1. The van der Waals surface area contributed by atoms with Gasteiger partial charge in [-0.25, -0.2) is 9.18 Å². The Morgan fingerprint density at radius 1 is 0.974 bits per heavy atom. The summed E-state index contributed by atoms with van der Waals surface area (Å²) < 4.78 is 98.7. The summed E-state index contributed by atoms with van der Waals surface area (Å²) >= 11 is 5.91. The molecule has 208 valence electrons. The van der Waals surface area contributed by atoms with E-state index in [0.29, 0.717) is 17.7 Å². The van der Waals surface area contributed by atoms with Crippen molar-refractivity contribution in [1.29, 1.82) is 0 Å². The molecule has 0 aliphatic carbocycles. The van der Waals surface area contributed by atoms with Gasteiger partial charge in [-0.15, -0.1) is 0 Å². The summed E-state index contributed by atoms with van der Waals surface area (Å²) in [6.07, 6.45) is -10.8. The molecule has 38 heavy (non-hydrogen) atoms. The van der Waals surface area contributed by atoms with Crippen LogP contribution in [0.1, 0.15) is 60.2 Å². The lowest BCUT2D eigenvalue weighted by Crippen LogP contribution is -2.52. The molecule has 3 rings (SSSR count). The third-order valence-electron chi connectivity index (χ3n) is 5.80. The second kappa shape index (κ2) is 10.6. The van der Waals surface area contributed by atoms with E-state index in [9.17, 15) is 40.3 Å². The first-order valence-electron chi connectivity index (χ1n) is 11.4. The molecule has 2 aromatic carbocycles. The molecule has 0 radical (unpaired) electrons.